The number of carbonyl (C=O) groups is 1. The minimum atomic E-state index is 0.164. The lowest BCUT2D eigenvalue weighted by molar-refractivity contribution is -0.122. The maximum Gasteiger partial charge on any atom is 0.220 e. The normalized spacial score (nSPS) is 20.2. The van der Waals surface area contributed by atoms with E-state index in [4.69, 9.17) is 5.73 Å². The second-order valence-corrected chi connectivity index (χ2v) is 8.46. The van der Waals surface area contributed by atoms with E-state index in [2.05, 4.69) is 24.4 Å². The van der Waals surface area contributed by atoms with Crippen LogP contribution in [-0.4, -0.2) is 18.0 Å². The van der Waals surface area contributed by atoms with Crippen molar-refractivity contribution in [3.8, 4) is 0 Å². The molecule has 1 saturated carbocycles. The molecule has 0 spiro atoms. The lowest BCUT2D eigenvalue weighted by Gasteiger charge is -2.29. The highest BCUT2D eigenvalue weighted by atomic mass is 16.1. The Morgan fingerprint density at radius 1 is 0.852 bits per heavy atom. The van der Waals surface area contributed by atoms with Crippen LogP contribution in [-0.2, 0) is 4.79 Å². The maximum absolute atomic E-state index is 12.0. The van der Waals surface area contributed by atoms with E-state index < -0.39 is 0 Å². The molecule has 0 aromatic heterocycles. The third-order valence-electron chi connectivity index (χ3n) is 5.83. The summed E-state index contributed by atoms with van der Waals surface area (Å²) in [5.74, 6) is 0.204. The number of nitrogens with one attached hydrogen (secondary N) is 1. The molecule has 0 unspecified atom stereocenters. The van der Waals surface area contributed by atoms with Crippen LogP contribution in [0.25, 0.3) is 0 Å². The SMILES string of the molecule is CCCCCCCCC=CCCCCCCCC(=O)N[C@H]1CCCC[C@@H]1N. The van der Waals surface area contributed by atoms with Crippen molar-refractivity contribution < 1.29 is 4.79 Å². The highest BCUT2D eigenvalue weighted by molar-refractivity contribution is 5.76. The molecule has 1 aliphatic carbocycles. The predicted octanol–water partition coefficient (Wildman–Crippen LogP) is 6.41. The third-order valence-corrected chi connectivity index (χ3v) is 5.83. The van der Waals surface area contributed by atoms with Crippen molar-refractivity contribution in [2.24, 2.45) is 5.73 Å². The molecular formula is C24H46N2O. The van der Waals surface area contributed by atoms with E-state index in [1.807, 2.05) is 0 Å². The van der Waals surface area contributed by atoms with Crippen LogP contribution in [0.4, 0.5) is 0 Å². The number of unbranched alkanes of at least 4 members (excludes halogenated alkanes) is 11. The van der Waals surface area contributed by atoms with Crippen LogP contribution in [0, 0.1) is 0 Å². The molecule has 0 aliphatic heterocycles. The van der Waals surface area contributed by atoms with Crippen LogP contribution >= 0.6 is 0 Å². The molecule has 3 nitrogen and oxygen atoms in total. The Kier molecular flexibility index (Phi) is 15.5. The summed E-state index contributed by atoms with van der Waals surface area (Å²) in [7, 11) is 0. The minimum absolute atomic E-state index is 0.164. The molecule has 0 bridgehead atoms. The van der Waals surface area contributed by atoms with E-state index in [9.17, 15) is 4.79 Å². The first kappa shape index (κ1) is 24.2. The summed E-state index contributed by atoms with van der Waals surface area (Å²) >= 11 is 0. The van der Waals surface area contributed by atoms with Crippen molar-refractivity contribution in [1.82, 2.24) is 5.32 Å². The number of hydrogen-bond acceptors (Lipinski definition) is 2. The highest BCUT2D eigenvalue weighted by Crippen LogP contribution is 2.17. The molecule has 1 fully saturated rings. The quantitative estimate of drug-likeness (QED) is 0.241. The average Bonchev–Trinajstić information content (AvgIpc) is 2.66. The smallest absolute Gasteiger partial charge is 0.220 e. The molecule has 1 rings (SSSR count). The van der Waals surface area contributed by atoms with Gasteiger partial charge in [0.15, 0.2) is 0 Å². The first-order valence-corrected chi connectivity index (χ1v) is 11.9. The van der Waals surface area contributed by atoms with Gasteiger partial charge < -0.3 is 11.1 Å². The van der Waals surface area contributed by atoms with Crippen LogP contribution in [0.1, 0.15) is 122 Å². The number of hydrogen-bond donors (Lipinski definition) is 2. The topological polar surface area (TPSA) is 55.1 Å². The van der Waals surface area contributed by atoms with E-state index in [0.717, 1.165) is 19.3 Å². The number of allylic oxidation sites excluding steroid dienone is 2. The molecule has 0 saturated heterocycles. The van der Waals surface area contributed by atoms with Crippen molar-refractivity contribution >= 4 is 5.91 Å². The van der Waals surface area contributed by atoms with Gasteiger partial charge >= 0.3 is 0 Å². The largest absolute Gasteiger partial charge is 0.352 e. The fraction of sp³-hybridized carbons (Fsp3) is 0.875. The molecule has 0 aromatic rings. The van der Waals surface area contributed by atoms with Gasteiger partial charge in [0.25, 0.3) is 0 Å². The summed E-state index contributed by atoms with van der Waals surface area (Å²) in [5, 5.41) is 3.15. The molecule has 3 N–H and O–H groups in total. The molecule has 27 heavy (non-hydrogen) atoms. The second-order valence-electron chi connectivity index (χ2n) is 8.46. The molecule has 1 aliphatic rings. The van der Waals surface area contributed by atoms with Crippen LogP contribution in [0.3, 0.4) is 0 Å². The summed E-state index contributed by atoms with van der Waals surface area (Å²) in [6.07, 6.45) is 26.7. The zero-order valence-electron chi connectivity index (χ0n) is 18.0. The van der Waals surface area contributed by atoms with Crippen LogP contribution < -0.4 is 11.1 Å². The fourth-order valence-electron chi connectivity index (χ4n) is 3.97. The summed E-state index contributed by atoms with van der Waals surface area (Å²) in [5.41, 5.74) is 6.09. The van der Waals surface area contributed by atoms with Crippen molar-refractivity contribution in [3.63, 3.8) is 0 Å². The molecule has 0 aromatic carbocycles. The molecular weight excluding hydrogens is 332 g/mol. The van der Waals surface area contributed by atoms with Crippen LogP contribution in [0.5, 0.6) is 0 Å². The van der Waals surface area contributed by atoms with Crippen molar-refractivity contribution in [2.75, 3.05) is 0 Å². The first-order chi connectivity index (χ1) is 13.2. The van der Waals surface area contributed by atoms with E-state index in [1.165, 1.54) is 89.9 Å². The van der Waals surface area contributed by atoms with Crippen molar-refractivity contribution in [1.29, 1.82) is 0 Å². The lowest BCUT2D eigenvalue weighted by Crippen LogP contribution is -2.49. The maximum atomic E-state index is 12.0. The Bertz CT molecular complexity index is 381. The Labute approximate surface area is 168 Å². The molecule has 0 heterocycles. The summed E-state index contributed by atoms with van der Waals surface area (Å²) < 4.78 is 0. The third kappa shape index (κ3) is 13.9. The molecule has 158 valence electrons. The van der Waals surface area contributed by atoms with E-state index >= 15 is 0 Å². The Balaban J connectivity index is 1.83. The molecule has 1 amide bonds. The number of carbonyl (C=O) groups excluding carboxylic acids is 1. The fourth-order valence-corrected chi connectivity index (χ4v) is 3.97. The average molecular weight is 379 g/mol. The van der Waals surface area contributed by atoms with Crippen LogP contribution in [0.15, 0.2) is 12.2 Å². The minimum Gasteiger partial charge on any atom is -0.352 e. The van der Waals surface area contributed by atoms with E-state index in [-0.39, 0.29) is 18.0 Å². The van der Waals surface area contributed by atoms with Gasteiger partial charge in [-0.1, -0.05) is 83.3 Å². The Hall–Kier alpha value is -0.830. The number of nitrogens with two attached hydrogens (primary N) is 1. The first-order valence-electron chi connectivity index (χ1n) is 11.9. The van der Waals surface area contributed by atoms with Gasteiger partial charge in [-0.15, -0.1) is 0 Å². The molecule has 0 radical (unpaired) electrons. The van der Waals surface area contributed by atoms with Gasteiger partial charge in [0.2, 0.25) is 5.91 Å². The van der Waals surface area contributed by atoms with E-state index in [1.54, 1.807) is 0 Å². The van der Waals surface area contributed by atoms with Gasteiger partial charge in [-0.3, -0.25) is 4.79 Å². The highest BCUT2D eigenvalue weighted by Gasteiger charge is 2.22. The summed E-state index contributed by atoms with van der Waals surface area (Å²) in [6, 6.07) is 0.381. The zero-order valence-corrected chi connectivity index (χ0v) is 18.0. The van der Waals surface area contributed by atoms with Gasteiger partial charge in [0, 0.05) is 18.5 Å². The van der Waals surface area contributed by atoms with Crippen molar-refractivity contribution in [2.45, 2.75) is 135 Å². The summed E-state index contributed by atoms with van der Waals surface area (Å²) in [6.45, 7) is 2.27. The second kappa shape index (κ2) is 17.3. The Morgan fingerprint density at radius 3 is 2.04 bits per heavy atom. The molecule has 2 atom stereocenters. The van der Waals surface area contributed by atoms with Gasteiger partial charge in [-0.2, -0.15) is 0 Å². The number of amides is 1. The molecule has 3 heteroatoms. The van der Waals surface area contributed by atoms with Gasteiger partial charge in [0.1, 0.15) is 0 Å². The lowest BCUT2D eigenvalue weighted by atomic mass is 9.91. The van der Waals surface area contributed by atoms with E-state index in [0.29, 0.717) is 6.42 Å². The van der Waals surface area contributed by atoms with Gasteiger partial charge in [0.05, 0.1) is 0 Å². The predicted molar refractivity (Wildman–Crippen MR) is 118 cm³/mol. The standard InChI is InChI=1S/C24H46N2O/c1-2-3-4-5-6-7-8-9-10-11-12-13-14-15-16-21-24(27)26-23-20-18-17-19-22(23)25/h9-10,22-23H,2-8,11-21,25H2,1H3,(H,26,27)/t22-,23-/m0/s1. The van der Waals surface area contributed by atoms with Gasteiger partial charge in [-0.05, 0) is 44.9 Å². The summed E-state index contributed by atoms with van der Waals surface area (Å²) in [4.78, 5) is 12.0. The van der Waals surface area contributed by atoms with Crippen molar-refractivity contribution in [3.05, 3.63) is 12.2 Å². The Morgan fingerprint density at radius 2 is 1.41 bits per heavy atom. The van der Waals surface area contributed by atoms with Crippen LogP contribution in [0.2, 0.25) is 0 Å². The zero-order chi connectivity index (χ0) is 19.6. The van der Waals surface area contributed by atoms with Gasteiger partial charge in [-0.25, -0.2) is 0 Å². The monoisotopic (exact) mass is 378 g/mol. The number of rotatable bonds is 16.